The number of rotatable bonds is 1. The Morgan fingerprint density at radius 1 is 1.20 bits per heavy atom. The average molecular weight is 255 g/mol. The van der Waals surface area contributed by atoms with Gasteiger partial charge in [0.25, 0.3) is 0 Å². The van der Waals surface area contributed by atoms with E-state index in [4.69, 9.17) is 0 Å². The number of hydrogen-bond acceptors (Lipinski definition) is 0. The monoisotopic (exact) mass is 253 g/mol. The predicted octanol–water partition coefficient (Wildman–Crippen LogP) is 2.45. The second-order valence-electron chi connectivity index (χ2n) is 1.88. The van der Waals surface area contributed by atoms with Crippen LogP contribution in [0.15, 0.2) is 24.3 Å². The first-order valence-corrected chi connectivity index (χ1v) is 4.96. The second kappa shape index (κ2) is 4.98. The van der Waals surface area contributed by atoms with Crippen molar-refractivity contribution in [2.75, 3.05) is 0 Å². The Morgan fingerprint density at radius 2 is 1.70 bits per heavy atom. The molecule has 0 saturated heterocycles. The molecule has 1 rings (SSSR count). The molecule has 0 aliphatic heterocycles. The molecule has 0 radical (unpaired) electrons. The average Bonchev–Trinajstić information content (AvgIpc) is 1.90. The minimum atomic E-state index is -0.146. The molecule has 0 bridgehead atoms. The Hall–Kier alpha value is 0.253. The van der Waals surface area contributed by atoms with Gasteiger partial charge in [-0.15, -0.1) is 17.0 Å². The summed E-state index contributed by atoms with van der Waals surface area (Å²) < 4.78 is 12.2. The molecule has 0 amide bonds. The van der Waals surface area contributed by atoms with Crippen LogP contribution in [0.4, 0.5) is 4.39 Å². The van der Waals surface area contributed by atoms with Crippen molar-refractivity contribution in [3.8, 4) is 0 Å². The van der Waals surface area contributed by atoms with E-state index in [-0.39, 0.29) is 22.8 Å². The molecule has 51 valence electrons. The van der Waals surface area contributed by atoms with Gasteiger partial charge in [0.15, 0.2) is 0 Å². The zero-order valence-corrected chi connectivity index (χ0v) is 10.2. The maximum atomic E-state index is 12.2. The van der Waals surface area contributed by atoms with Crippen molar-refractivity contribution >= 4 is 17.0 Å². The van der Waals surface area contributed by atoms with Gasteiger partial charge in [0.05, 0.1) is 0 Å². The Balaban J connectivity index is 0.000000810. The molecule has 0 aromatic heterocycles. The molecular weight excluding hydrogens is 248 g/mol. The van der Waals surface area contributed by atoms with Crippen LogP contribution in [0, 0.1) is 5.82 Å². The van der Waals surface area contributed by atoms with Crippen molar-refractivity contribution in [3.05, 3.63) is 35.6 Å². The quantitative estimate of drug-likeness (QED) is 0.676. The van der Waals surface area contributed by atoms with Gasteiger partial charge in [0.1, 0.15) is 0 Å². The Morgan fingerprint density at radius 3 is 2.10 bits per heavy atom. The predicted molar refractivity (Wildman–Crippen MR) is 40.4 cm³/mol. The molecule has 1 aromatic rings. The van der Waals surface area contributed by atoms with E-state index in [0.29, 0.717) is 0 Å². The van der Waals surface area contributed by atoms with E-state index >= 15 is 0 Å². The fraction of sp³-hybridized carbons (Fsp3) is 0.143. The molecular formula is C7H7BrFZn. The molecule has 1 aromatic carbocycles. The first-order chi connectivity index (χ1) is 4.33. The summed E-state index contributed by atoms with van der Waals surface area (Å²) in [5, 5.41) is 1.10. The maximum absolute atomic E-state index is 12.2. The van der Waals surface area contributed by atoms with Gasteiger partial charge in [-0.3, -0.25) is 0 Å². The molecule has 0 nitrogen and oxygen atoms in total. The standard InChI is InChI=1S/C7H6F.BrH.Zn/c1-6-2-4-7(8)5-3-6;;/h2-5H,1H2;1H;. The Kier molecular flexibility index (Phi) is 5.10. The van der Waals surface area contributed by atoms with Crippen molar-refractivity contribution in [3.63, 3.8) is 0 Å². The van der Waals surface area contributed by atoms with Crippen LogP contribution in [0.1, 0.15) is 5.56 Å². The molecule has 0 aliphatic carbocycles. The molecule has 0 N–H and O–H groups in total. The summed E-state index contributed by atoms with van der Waals surface area (Å²) in [4.78, 5) is 0. The molecule has 0 saturated carbocycles. The SMILES string of the molecule is Br.Fc1ccc([CH2][Zn])cc1. The molecule has 0 heterocycles. The van der Waals surface area contributed by atoms with Crippen LogP contribution in [0.2, 0.25) is 0 Å². The first kappa shape index (κ1) is 10.3. The van der Waals surface area contributed by atoms with E-state index in [1.807, 2.05) is 12.1 Å². The van der Waals surface area contributed by atoms with E-state index in [0.717, 1.165) is 5.02 Å². The second-order valence-corrected chi connectivity index (χ2v) is 2.93. The molecule has 0 atom stereocenters. The summed E-state index contributed by atoms with van der Waals surface area (Å²) in [5.74, 6) is -0.146. The van der Waals surface area contributed by atoms with Gasteiger partial charge >= 0.3 is 63.4 Å². The van der Waals surface area contributed by atoms with E-state index in [1.165, 1.54) is 36.0 Å². The van der Waals surface area contributed by atoms with Crippen LogP contribution in [-0.4, -0.2) is 0 Å². The fourth-order valence-corrected chi connectivity index (χ4v) is 1.35. The summed E-state index contributed by atoms with van der Waals surface area (Å²) in [7, 11) is 0. The Bertz CT molecular complexity index is 185. The summed E-state index contributed by atoms with van der Waals surface area (Å²) in [6, 6.07) is 6.67. The zero-order valence-electron chi connectivity index (χ0n) is 5.51. The van der Waals surface area contributed by atoms with E-state index in [9.17, 15) is 4.39 Å². The molecule has 0 unspecified atom stereocenters. The van der Waals surface area contributed by atoms with Crippen LogP contribution in [0.5, 0.6) is 0 Å². The van der Waals surface area contributed by atoms with Crippen LogP contribution in [-0.2, 0) is 23.3 Å². The van der Waals surface area contributed by atoms with Crippen LogP contribution < -0.4 is 0 Å². The van der Waals surface area contributed by atoms with Crippen LogP contribution in [0.3, 0.4) is 0 Å². The van der Waals surface area contributed by atoms with E-state index in [2.05, 4.69) is 0 Å². The summed E-state index contributed by atoms with van der Waals surface area (Å²) >= 11 is 1.24. The van der Waals surface area contributed by atoms with Crippen molar-refractivity contribution in [1.82, 2.24) is 0 Å². The number of benzene rings is 1. The molecule has 0 spiro atoms. The molecule has 10 heavy (non-hydrogen) atoms. The van der Waals surface area contributed by atoms with Gasteiger partial charge in [0, 0.05) is 0 Å². The van der Waals surface area contributed by atoms with E-state index < -0.39 is 0 Å². The minimum absolute atomic E-state index is 0. The van der Waals surface area contributed by atoms with E-state index in [1.54, 1.807) is 0 Å². The summed E-state index contributed by atoms with van der Waals surface area (Å²) in [6.45, 7) is 0. The van der Waals surface area contributed by atoms with Crippen molar-refractivity contribution < 1.29 is 22.7 Å². The number of halogens is 2. The molecule has 0 fully saturated rings. The number of hydrogen-bond donors (Lipinski definition) is 0. The van der Waals surface area contributed by atoms with Crippen molar-refractivity contribution in [2.24, 2.45) is 0 Å². The van der Waals surface area contributed by atoms with Gasteiger partial charge in [0.2, 0.25) is 0 Å². The van der Waals surface area contributed by atoms with Gasteiger partial charge in [-0.2, -0.15) is 0 Å². The van der Waals surface area contributed by atoms with Crippen LogP contribution >= 0.6 is 17.0 Å². The van der Waals surface area contributed by atoms with Gasteiger partial charge in [-0.1, -0.05) is 0 Å². The fourth-order valence-electron chi connectivity index (χ4n) is 0.651. The molecule has 0 aliphatic rings. The van der Waals surface area contributed by atoms with Crippen molar-refractivity contribution in [1.29, 1.82) is 0 Å². The van der Waals surface area contributed by atoms with Gasteiger partial charge in [-0.25, -0.2) is 0 Å². The third-order valence-corrected chi connectivity index (χ3v) is 2.41. The van der Waals surface area contributed by atoms with Crippen molar-refractivity contribution in [2.45, 2.75) is 5.02 Å². The third kappa shape index (κ3) is 2.89. The Labute approximate surface area is 80.3 Å². The topological polar surface area (TPSA) is 0 Å². The van der Waals surface area contributed by atoms with Crippen LogP contribution in [0.25, 0.3) is 0 Å². The molecule has 3 heteroatoms. The first-order valence-electron chi connectivity index (χ1n) is 2.86. The normalized spacial score (nSPS) is 8.70. The zero-order chi connectivity index (χ0) is 6.69. The summed E-state index contributed by atoms with van der Waals surface area (Å²) in [5.41, 5.74) is 1.23. The summed E-state index contributed by atoms with van der Waals surface area (Å²) in [6.07, 6.45) is 0. The van der Waals surface area contributed by atoms with Gasteiger partial charge in [-0.05, 0) is 0 Å². The van der Waals surface area contributed by atoms with Gasteiger partial charge < -0.3 is 0 Å². The third-order valence-electron chi connectivity index (χ3n) is 1.20.